The molecule has 0 aliphatic carbocycles. The van der Waals surface area contributed by atoms with Crippen molar-refractivity contribution in [3.05, 3.63) is 52.8 Å². The summed E-state index contributed by atoms with van der Waals surface area (Å²) in [5.41, 5.74) is 1.21. The van der Waals surface area contributed by atoms with Crippen LogP contribution in [0.5, 0.6) is 5.75 Å². The zero-order valence-corrected chi connectivity index (χ0v) is 20.8. The summed E-state index contributed by atoms with van der Waals surface area (Å²) in [5.74, 6) is -0.474. The van der Waals surface area contributed by atoms with Gasteiger partial charge in [-0.15, -0.1) is 0 Å². The minimum atomic E-state index is -3.52. The molecule has 3 aromatic rings. The third-order valence-corrected chi connectivity index (χ3v) is 7.92. The summed E-state index contributed by atoms with van der Waals surface area (Å²) >= 11 is 1.27. The monoisotopic (exact) mass is 506 g/mol. The average molecular weight is 507 g/mol. The molecule has 1 heterocycles. The van der Waals surface area contributed by atoms with E-state index in [2.05, 4.69) is 4.99 Å². The van der Waals surface area contributed by atoms with Gasteiger partial charge in [-0.2, -0.15) is 4.99 Å². The minimum Gasteiger partial charge on any atom is -0.497 e. The molecule has 0 N–H and O–H groups in total. The van der Waals surface area contributed by atoms with Gasteiger partial charge in [0.15, 0.2) is 14.6 Å². The maximum atomic E-state index is 12.6. The van der Waals surface area contributed by atoms with Gasteiger partial charge in [-0.3, -0.25) is 4.79 Å². The fraction of sp³-hybridized carbons (Fsp3) is 0.348. The van der Waals surface area contributed by atoms with Crippen molar-refractivity contribution in [2.45, 2.75) is 24.3 Å². The van der Waals surface area contributed by atoms with Gasteiger partial charge >= 0.3 is 5.97 Å². The second kappa shape index (κ2) is 11.4. The molecule has 0 aliphatic rings. The number of sulfone groups is 1. The molecule has 0 aliphatic heterocycles. The standard InChI is InChI=1S/C23H26N2O7S2/c1-30-13-12-25-19-11-6-16(22(27)32-3)15-20(19)33-23(25)24-21(26)5-4-14-34(28,29)18-9-7-17(31-2)8-10-18/h6-11,15H,4-5,12-14H2,1-3H3. The van der Waals surface area contributed by atoms with E-state index in [4.69, 9.17) is 14.2 Å². The Morgan fingerprint density at radius 1 is 1.06 bits per heavy atom. The van der Waals surface area contributed by atoms with Crippen LogP contribution < -0.4 is 9.54 Å². The van der Waals surface area contributed by atoms with E-state index in [9.17, 15) is 18.0 Å². The number of fused-ring (bicyclic) bond motifs is 1. The Bertz CT molecular complexity index is 1340. The van der Waals surface area contributed by atoms with Gasteiger partial charge in [-0.25, -0.2) is 13.2 Å². The van der Waals surface area contributed by atoms with Gasteiger partial charge in [0, 0.05) is 20.1 Å². The number of carbonyl (C=O) groups excluding carboxylic acids is 2. The smallest absolute Gasteiger partial charge is 0.337 e. The van der Waals surface area contributed by atoms with E-state index in [1.54, 1.807) is 37.4 Å². The molecule has 34 heavy (non-hydrogen) atoms. The molecule has 2 aromatic carbocycles. The van der Waals surface area contributed by atoms with Crippen LogP contribution in [0.3, 0.4) is 0 Å². The second-order valence-electron chi connectivity index (χ2n) is 7.31. The summed E-state index contributed by atoms with van der Waals surface area (Å²) in [7, 11) is 0.876. The first kappa shape index (κ1) is 25.6. The lowest BCUT2D eigenvalue weighted by Crippen LogP contribution is -2.19. The molecule has 0 fully saturated rings. The number of carbonyl (C=O) groups is 2. The van der Waals surface area contributed by atoms with Crippen molar-refractivity contribution in [2.24, 2.45) is 4.99 Å². The van der Waals surface area contributed by atoms with E-state index in [0.29, 0.717) is 29.3 Å². The predicted molar refractivity (Wildman–Crippen MR) is 128 cm³/mol. The first-order valence-electron chi connectivity index (χ1n) is 10.4. The third-order valence-electron chi connectivity index (χ3n) is 5.07. The van der Waals surface area contributed by atoms with Gasteiger partial charge in [0.1, 0.15) is 5.75 Å². The first-order chi connectivity index (χ1) is 16.3. The lowest BCUT2D eigenvalue weighted by atomic mass is 10.2. The summed E-state index contributed by atoms with van der Waals surface area (Å²) in [5, 5.41) is 0. The fourth-order valence-electron chi connectivity index (χ4n) is 3.28. The van der Waals surface area contributed by atoms with Crippen molar-refractivity contribution < 1.29 is 32.2 Å². The fourth-order valence-corrected chi connectivity index (χ4v) is 5.70. The normalized spacial score (nSPS) is 12.1. The Balaban J connectivity index is 1.77. The van der Waals surface area contributed by atoms with E-state index >= 15 is 0 Å². The van der Waals surface area contributed by atoms with Crippen LogP contribution in [-0.2, 0) is 30.7 Å². The molecule has 1 aromatic heterocycles. The van der Waals surface area contributed by atoms with Crippen LogP contribution >= 0.6 is 11.3 Å². The summed E-state index contributed by atoms with van der Waals surface area (Å²) < 4.78 is 42.7. The number of benzene rings is 2. The topological polar surface area (TPSA) is 113 Å². The molecular formula is C23H26N2O7S2. The van der Waals surface area contributed by atoms with E-state index in [1.165, 1.54) is 37.7 Å². The van der Waals surface area contributed by atoms with Gasteiger partial charge in [0.05, 0.1) is 47.3 Å². The Labute approximate surface area is 201 Å². The SMILES string of the molecule is COCCn1c(=NC(=O)CCCS(=O)(=O)c2ccc(OC)cc2)sc2cc(C(=O)OC)ccc21. The van der Waals surface area contributed by atoms with Gasteiger partial charge < -0.3 is 18.8 Å². The number of ether oxygens (including phenoxy) is 3. The van der Waals surface area contributed by atoms with Crippen LogP contribution in [0.15, 0.2) is 52.4 Å². The summed E-state index contributed by atoms with van der Waals surface area (Å²) in [6.45, 7) is 0.873. The predicted octanol–water partition coefficient (Wildman–Crippen LogP) is 2.83. The van der Waals surface area contributed by atoms with Crippen LogP contribution in [0.4, 0.5) is 0 Å². The lowest BCUT2D eigenvalue weighted by molar-refractivity contribution is -0.118. The quantitative estimate of drug-likeness (QED) is 0.389. The first-order valence-corrected chi connectivity index (χ1v) is 12.9. The highest BCUT2D eigenvalue weighted by Crippen LogP contribution is 2.20. The molecule has 0 atom stereocenters. The second-order valence-corrected chi connectivity index (χ2v) is 10.4. The Kier molecular flexibility index (Phi) is 8.59. The average Bonchev–Trinajstić information content (AvgIpc) is 3.17. The number of nitrogens with zero attached hydrogens (tertiary/aromatic N) is 2. The Hall–Kier alpha value is -3.02. The maximum Gasteiger partial charge on any atom is 0.337 e. The maximum absolute atomic E-state index is 12.6. The van der Waals surface area contributed by atoms with Gasteiger partial charge in [0.2, 0.25) is 5.91 Å². The molecule has 11 heteroatoms. The molecule has 182 valence electrons. The van der Waals surface area contributed by atoms with Crippen molar-refractivity contribution in [1.82, 2.24) is 4.57 Å². The van der Waals surface area contributed by atoms with Crippen molar-refractivity contribution in [2.75, 3.05) is 33.7 Å². The summed E-state index contributed by atoms with van der Waals surface area (Å²) in [6.07, 6.45) is 0.132. The number of thiazole rings is 1. The molecule has 0 unspecified atom stereocenters. The van der Waals surface area contributed by atoms with E-state index < -0.39 is 21.7 Å². The number of hydrogen-bond acceptors (Lipinski definition) is 8. The number of rotatable bonds is 10. The summed E-state index contributed by atoms with van der Waals surface area (Å²) in [4.78, 5) is 29.3. The van der Waals surface area contributed by atoms with Gasteiger partial charge in [0.25, 0.3) is 0 Å². The molecule has 1 amide bonds. The minimum absolute atomic E-state index is 0.0126. The number of hydrogen-bond donors (Lipinski definition) is 0. The van der Waals surface area contributed by atoms with Crippen LogP contribution in [0.1, 0.15) is 23.2 Å². The highest BCUT2D eigenvalue weighted by Gasteiger charge is 2.16. The number of methoxy groups -OCH3 is 3. The highest BCUT2D eigenvalue weighted by atomic mass is 32.2. The lowest BCUT2D eigenvalue weighted by Gasteiger charge is -2.05. The van der Waals surface area contributed by atoms with Crippen LogP contribution in [-0.4, -0.2) is 58.6 Å². The molecule has 9 nitrogen and oxygen atoms in total. The molecular weight excluding hydrogens is 480 g/mol. The molecule has 0 saturated heterocycles. The van der Waals surface area contributed by atoms with Gasteiger partial charge in [-0.05, 0) is 48.9 Å². The van der Waals surface area contributed by atoms with E-state index in [-0.39, 0.29) is 23.5 Å². The van der Waals surface area contributed by atoms with Crippen LogP contribution in [0.2, 0.25) is 0 Å². The zero-order valence-electron chi connectivity index (χ0n) is 19.1. The highest BCUT2D eigenvalue weighted by molar-refractivity contribution is 7.91. The molecule has 0 saturated carbocycles. The van der Waals surface area contributed by atoms with Crippen LogP contribution in [0.25, 0.3) is 10.2 Å². The van der Waals surface area contributed by atoms with Crippen molar-refractivity contribution in [1.29, 1.82) is 0 Å². The largest absolute Gasteiger partial charge is 0.497 e. The Morgan fingerprint density at radius 2 is 1.79 bits per heavy atom. The van der Waals surface area contributed by atoms with E-state index in [0.717, 1.165) is 10.2 Å². The summed E-state index contributed by atoms with van der Waals surface area (Å²) in [6, 6.07) is 11.3. The molecule has 3 rings (SSSR count). The molecule has 0 spiro atoms. The van der Waals surface area contributed by atoms with E-state index in [1.807, 2.05) is 4.57 Å². The van der Waals surface area contributed by atoms with Crippen LogP contribution in [0, 0.1) is 0 Å². The molecule has 0 bridgehead atoms. The Morgan fingerprint density at radius 3 is 2.44 bits per heavy atom. The van der Waals surface area contributed by atoms with Crippen molar-refractivity contribution in [3.8, 4) is 5.75 Å². The van der Waals surface area contributed by atoms with Gasteiger partial charge in [-0.1, -0.05) is 11.3 Å². The molecule has 0 radical (unpaired) electrons. The van der Waals surface area contributed by atoms with Crippen molar-refractivity contribution in [3.63, 3.8) is 0 Å². The third kappa shape index (κ3) is 6.10. The number of esters is 1. The van der Waals surface area contributed by atoms with Crippen molar-refractivity contribution >= 4 is 43.3 Å². The number of aromatic nitrogens is 1. The zero-order chi connectivity index (χ0) is 24.7. The number of amides is 1.